The number of aryl methyl sites for hydroxylation is 1. The first-order valence-corrected chi connectivity index (χ1v) is 10.7. The second-order valence-electron chi connectivity index (χ2n) is 6.36. The van der Waals surface area contributed by atoms with Crippen LogP contribution in [0.15, 0.2) is 45.8 Å². The number of nitrogens with zero attached hydrogens (tertiary/aromatic N) is 1. The molecule has 0 unspecified atom stereocenters. The van der Waals surface area contributed by atoms with Gasteiger partial charge in [-0.15, -0.1) is 0 Å². The predicted octanol–water partition coefficient (Wildman–Crippen LogP) is 4.22. The topological polar surface area (TPSA) is 108 Å². The molecule has 162 valence electrons. The standard InChI is InChI=1S/C22H22N2O6S/c1-4-28-21(26)18-13(3)30-20(19(18)22(27)29-5-2)24-16(25)12-31-17-11-10-14-8-6-7-9-15(14)23-17/h6-11H,4-5,12H2,1-3H3,(H,24,25). The number of ether oxygens (including phenoxy) is 2. The van der Waals surface area contributed by atoms with Gasteiger partial charge in [0.05, 0.1) is 29.5 Å². The molecule has 1 amide bonds. The third-order valence-corrected chi connectivity index (χ3v) is 5.15. The van der Waals surface area contributed by atoms with Crippen molar-refractivity contribution in [1.82, 2.24) is 4.98 Å². The molecule has 1 N–H and O–H groups in total. The Hall–Kier alpha value is -3.33. The monoisotopic (exact) mass is 442 g/mol. The highest BCUT2D eigenvalue weighted by Gasteiger charge is 2.31. The summed E-state index contributed by atoms with van der Waals surface area (Å²) in [5.41, 5.74) is 0.623. The molecule has 0 aliphatic heterocycles. The maximum atomic E-state index is 12.5. The van der Waals surface area contributed by atoms with Gasteiger partial charge in [-0.2, -0.15) is 0 Å². The minimum atomic E-state index is -0.776. The van der Waals surface area contributed by atoms with Crippen molar-refractivity contribution in [1.29, 1.82) is 0 Å². The molecule has 2 aromatic heterocycles. The van der Waals surface area contributed by atoms with Gasteiger partial charge in [-0.3, -0.25) is 10.1 Å². The van der Waals surface area contributed by atoms with Gasteiger partial charge in [-0.05, 0) is 32.9 Å². The Labute approximate surface area is 183 Å². The molecule has 3 aromatic rings. The number of para-hydroxylation sites is 1. The van der Waals surface area contributed by atoms with Crippen molar-refractivity contribution in [2.24, 2.45) is 0 Å². The van der Waals surface area contributed by atoms with Crippen molar-refractivity contribution in [2.45, 2.75) is 25.8 Å². The normalized spacial score (nSPS) is 10.7. The Bertz CT molecular complexity index is 1120. The molecule has 0 atom stereocenters. The molecule has 0 bridgehead atoms. The zero-order chi connectivity index (χ0) is 22.4. The van der Waals surface area contributed by atoms with Crippen molar-refractivity contribution in [2.75, 3.05) is 24.3 Å². The molecule has 0 saturated heterocycles. The van der Waals surface area contributed by atoms with Crippen LogP contribution in [0.25, 0.3) is 10.9 Å². The summed E-state index contributed by atoms with van der Waals surface area (Å²) in [6, 6.07) is 11.5. The number of fused-ring (bicyclic) bond motifs is 1. The summed E-state index contributed by atoms with van der Waals surface area (Å²) in [6.45, 7) is 5.03. The van der Waals surface area contributed by atoms with Gasteiger partial charge < -0.3 is 13.9 Å². The maximum absolute atomic E-state index is 12.5. The highest BCUT2D eigenvalue weighted by atomic mass is 32.2. The smallest absolute Gasteiger partial charge is 0.344 e. The SMILES string of the molecule is CCOC(=O)c1c(C)oc(NC(=O)CSc2ccc3ccccc3n2)c1C(=O)OCC. The van der Waals surface area contributed by atoms with E-state index in [4.69, 9.17) is 13.9 Å². The van der Waals surface area contributed by atoms with Crippen molar-refractivity contribution < 1.29 is 28.3 Å². The van der Waals surface area contributed by atoms with E-state index in [-0.39, 0.29) is 41.7 Å². The van der Waals surface area contributed by atoms with Gasteiger partial charge in [0.25, 0.3) is 0 Å². The van der Waals surface area contributed by atoms with Crippen LogP contribution in [0.1, 0.15) is 40.3 Å². The Morgan fingerprint density at radius 2 is 1.68 bits per heavy atom. The van der Waals surface area contributed by atoms with Crippen LogP contribution >= 0.6 is 11.8 Å². The van der Waals surface area contributed by atoms with E-state index in [0.717, 1.165) is 10.9 Å². The van der Waals surface area contributed by atoms with Crippen LogP contribution in [0, 0.1) is 6.92 Å². The fraction of sp³-hybridized carbons (Fsp3) is 0.273. The molecule has 9 heteroatoms. The molecule has 0 aliphatic carbocycles. The third kappa shape index (κ3) is 5.24. The van der Waals surface area contributed by atoms with Crippen LogP contribution in [-0.2, 0) is 14.3 Å². The van der Waals surface area contributed by atoms with E-state index in [9.17, 15) is 14.4 Å². The Morgan fingerprint density at radius 1 is 1.00 bits per heavy atom. The summed E-state index contributed by atoms with van der Waals surface area (Å²) in [4.78, 5) is 41.8. The van der Waals surface area contributed by atoms with Crippen molar-refractivity contribution in [3.63, 3.8) is 0 Å². The van der Waals surface area contributed by atoms with E-state index >= 15 is 0 Å². The number of pyridine rings is 1. The number of rotatable bonds is 8. The highest BCUT2D eigenvalue weighted by Crippen LogP contribution is 2.29. The molecule has 31 heavy (non-hydrogen) atoms. The molecular weight excluding hydrogens is 420 g/mol. The summed E-state index contributed by atoms with van der Waals surface area (Å²) in [5.74, 6) is -1.88. The zero-order valence-electron chi connectivity index (χ0n) is 17.4. The van der Waals surface area contributed by atoms with Gasteiger partial charge in [0.2, 0.25) is 11.8 Å². The Kier molecular flexibility index (Phi) is 7.30. The summed E-state index contributed by atoms with van der Waals surface area (Å²) in [5, 5.41) is 4.24. The molecule has 0 spiro atoms. The second-order valence-corrected chi connectivity index (χ2v) is 7.35. The fourth-order valence-corrected chi connectivity index (χ4v) is 3.59. The number of esters is 2. The van der Waals surface area contributed by atoms with E-state index in [0.29, 0.717) is 5.03 Å². The van der Waals surface area contributed by atoms with E-state index in [1.165, 1.54) is 18.7 Å². The number of hydrogen-bond donors (Lipinski definition) is 1. The number of anilines is 1. The van der Waals surface area contributed by atoms with Gasteiger partial charge in [-0.1, -0.05) is 36.0 Å². The number of carbonyl (C=O) groups is 3. The van der Waals surface area contributed by atoms with Crippen LogP contribution < -0.4 is 5.32 Å². The van der Waals surface area contributed by atoms with Crippen molar-refractivity contribution in [3.8, 4) is 0 Å². The molecule has 8 nitrogen and oxygen atoms in total. The van der Waals surface area contributed by atoms with E-state index in [2.05, 4.69) is 10.3 Å². The van der Waals surface area contributed by atoms with Crippen LogP contribution in [-0.4, -0.2) is 41.8 Å². The van der Waals surface area contributed by atoms with Gasteiger partial charge >= 0.3 is 11.9 Å². The molecule has 0 saturated carbocycles. The number of carbonyl (C=O) groups excluding carboxylic acids is 3. The molecule has 0 radical (unpaired) electrons. The van der Waals surface area contributed by atoms with Crippen molar-refractivity contribution in [3.05, 3.63) is 53.3 Å². The lowest BCUT2D eigenvalue weighted by molar-refractivity contribution is -0.113. The molecule has 2 heterocycles. The maximum Gasteiger partial charge on any atom is 0.344 e. The van der Waals surface area contributed by atoms with Gasteiger partial charge in [0, 0.05) is 5.39 Å². The number of furan rings is 1. The van der Waals surface area contributed by atoms with Gasteiger partial charge in [0.1, 0.15) is 16.9 Å². The summed E-state index contributed by atoms with van der Waals surface area (Å²) < 4.78 is 15.5. The minimum Gasteiger partial charge on any atom is -0.462 e. The molecule has 0 fully saturated rings. The number of hydrogen-bond acceptors (Lipinski definition) is 8. The lowest BCUT2D eigenvalue weighted by Crippen LogP contribution is -2.18. The summed E-state index contributed by atoms with van der Waals surface area (Å²) in [7, 11) is 0. The third-order valence-electron chi connectivity index (χ3n) is 4.22. The fourth-order valence-electron chi connectivity index (χ4n) is 2.91. The lowest BCUT2D eigenvalue weighted by Gasteiger charge is -2.07. The lowest BCUT2D eigenvalue weighted by atomic mass is 10.1. The zero-order valence-corrected chi connectivity index (χ0v) is 18.2. The summed E-state index contributed by atoms with van der Waals surface area (Å²) in [6.07, 6.45) is 0. The van der Waals surface area contributed by atoms with Crippen molar-refractivity contribution >= 4 is 46.4 Å². The predicted molar refractivity (Wildman–Crippen MR) is 116 cm³/mol. The first-order valence-electron chi connectivity index (χ1n) is 9.70. The quantitative estimate of drug-likeness (QED) is 0.408. The number of aromatic nitrogens is 1. The first-order chi connectivity index (χ1) is 14.9. The molecular formula is C22H22N2O6S. The first kappa shape index (κ1) is 22.4. The second kappa shape index (κ2) is 10.1. The number of nitrogens with one attached hydrogen (secondary N) is 1. The van der Waals surface area contributed by atoms with E-state index in [1.807, 2.05) is 36.4 Å². The molecule has 1 aromatic carbocycles. The van der Waals surface area contributed by atoms with Crippen LogP contribution in [0.3, 0.4) is 0 Å². The van der Waals surface area contributed by atoms with Gasteiger partial charge in [-0.25, -0.2) is 14.6 Å². The van der Waals surface area contributed by atoms with E-state index < -0.39 is 17.8 Å². The number of amides is 1. The summed E-state index contributed by atoms with van der Waals surface area (Å²) >= 11 is 1.24. The largest absolute Gasteiger partial charge is 0.462 e. The van der Waals surface area contributed by atoms with Crippen LogP contribution in [0.2, 0.25) is 0 Å². The van der Waals surface area contributed by atoms with Crippen LogP contribution in [0.4, 0.5) is 5.88 Å². The number of benzene rings is 1. The molecule has 3 rings (SSSR count). The highest BCUT2D eigenvalue weighted by molar-refractivity contribution is 7.99. The molecule has 0 aliphatic rings. The Balaban J connectivity index is 1.77. The average molecular weight is 442 g/mol. The number of thioether (sulfide) groups is 1. The van der Waals surface area contributed by atoms with E-state index in [1.54, 1.807) is 13.8 Å². The average Bonchev–Trinajstić information content (AvgIpc) is 3.08. The van der Waals surface area contributed by atoms with Crippen LogP contribution in [0.5, 0.6) is 0 Å². The van der Waals surface area contributed by atoms with Gasteiger partial charge in [0.15, 0.2) is 0 Å². The minimum absolute atomic E-state index is 0.0299. The Morgan fingerprint density at radius 3 is 2.39 bits per heavy atom.